The van der Waals surface area contributed by atoms with Crippen molar-refractivity contribution in [2.45, 2.75) is 37.9 Å². The normalized spacial score (nSPS) is 17.8. The van der Waals surface area contributed by atoms with Crippen LogP contribution in [0, 0.1) is 0 Å². The number of para-hydroxylation sites is 1. The van der Waals surface area contributed by atoms with E-state index < -0.39 is 30.8 Å². The number of hydrogen-bond acceptors (Lipinski definition) is 7. The third kappa shape index (κ3) is 6.23. The largest absolute Gasteiger partial charge is 0.406 e. The molecule has 2 aromatic carbocycles. The molecule has 5 aromatic rings. The van der Waals surface area contributed by atoms with Gasteiger partial charge in [-0.2, -0.15) is 18.2 Å². The lowest BCUT2D eigenvalue weighted by molar-refractivity contribution is -0.139. The highest BCUT2D eigenvalue weighted by atomic mass is 19.4. The molecule has 0 saturated carbocycles. The number of piperidine rings is 1. The van der Waals surface area contributed by atoms with Gasteiger partial charge in [-0.15, -0.1) is 0 Å². The van der Waals surface area contributed by atoms with Gasteiger partial charge in [0.2, 0.25) is 11.7 Å². The highest BCUT2D eigenvalue weighted by molar-refractivity contribution is 5.96. The van der Waals surface area contributed by atoms with E-state index in [1.165, 1.54) is 12.4 Å². The van der Waals surface area contributed by atoms with E-state index >= 15 is 0 Å². The zero-order chi connectivity index (χ0) is 30.1. The van der Waals surface area contributed by atoms with Crippen molar-refractivity contribution < 1.29 is 26.9 Å². The van der Waals surface area contributed by atoms with Crippen LogP contribution in [0.5, 0.6) is 0 Å². The minimum atomic E-state index is -4.54. The van der Waals surface area contributed by atoms with Gasteiger partial charge in [-0.3, -0.25) is 4.79 Å². The fourth-order valence-electron chi connectivity index (χ4n) is 5.22. The van der Waals surface area contributed by atoms with E-state index in [1.807, 2.05) is 42.3 Å². The van der Waals surface area contributed by atoms with E-state index in [0.717, 1.165) is 10.3 Å². The predicted molar refractivity (Wildman–Crippen MR) is 150 cm³/mol. The van der Waals surface area contributed by atoms with Crippen molar-refractivity contribution in [1.82, 2.24) is 34.5 Å². The summed E-state index contributed by atoms with van der Waals surface area (Å²) in [6.45, 7) is -0.485. The number of hydrogen-bond donors (Lipinski definition) is 2. The first-order valence-electron chi connectivity index (χ1n) is 13.6. The third-order valence-electron chi connectivity index (χ3n) is 7.34. The molecule has 1 aliphatic heterocycles. The van der Waals surface area contributed by atoms with Crippen LogP contribution in [0.4, 0.5) is 23.2 Å². The molecule has 0 aliphatic carbocycles. The summed E-state index contributed by atoms with van der Waals surface area (Å²) in [6, 6.07) is 15.3. The number of carbonyl (C=O) groups excluding carboxylic acids is 1. The van der Waals surface area contributed by atoms with Crippen molar-refractivity contribution in [3.8, 4) is 17.2 Å². The van der Waals surface area contributed by atoms with E-state index in [2.05, 4.69) is 25.8 Å². The van der Waals surface area contributed by atoms with Crippen LogP contribution in [-0.2, 0) is 13.1 Å². The average Bonchev–Trinajstić information content (AvgIpc) is 3.73. The highest BCUT2D eigenvalue weighted by Crippen LogP contribution is 2.35. The van der Waals surface area contributed by atoms with Crippen molar-refractivity contribution in [2.24, 2.45) is 0 Å². The number of imidazole rings is 1. The van der Waals surface area contributed by atoms with Crippen LogP contribution in [0.2, 0.25) is 0 Å². The Labute approximate surface area is 243 Å². The molecule has 0 radical (unpaired) electrons. The molecule has 43 heavy (non-hydrogen) atoms. The summed E-state index contributed by atoms with van der Waals surface area (Å²) in [5.41, 5.74) is 1.87. The molecule has 0 bridgehead atoms. The Balaban J connectivity index is 1.23. The summed E-state index contributed by atoms with van der Waals surface area (Å²) in [5.74, 6) is -0.567. The SMILES string of the molecule is CN1CC[C@@H](Nc2cccc3c2cc(-c2noc(CNC(=O)c4cn(-c5ccccc5)cn4)n2)n3CC(F)(F)F)[C@@H](F)C1. The van der Waals surface area contributed by atoms with Gasteiger partial charge in [0, 0.05) is 36.0 Å². The van der Waals surface area contributed by atoms with Gasteiger partial charge in [0.1, 0.15) is 24.7 Å². The lowest BCUT2D eigenvalue weighted by atomic mass is 10.0. The minimum Gasteiger partial charge on any atom is -0.379 e. The molecule has 10 nitrogen and oxygen atoms in total. The number of amides is 1. The molecule has 1 saturated heterocycles. The Kier molecular flexibility index (Phi) is 7.61. The van der Waals surface area contributed by atoms with Gasteiger partial charge in [-0.1, -0.05) is 29.4 Å². The van der Waals surface area contributed by atoms with Gasteiger partial charge in [0.05, 0.1) is 23.8 Å². The van der Waals surface area contributed by atoms with Crippen molar-refractivity contribution >= 4 is 22.5 Å². The molecule has 224 valence electrons. The zero-order valence-corrected chi connectivity index (χ0v) is 23.1. The highest BCUT2D eigenvalue weighted by Gasteiger charge is 2.32. The summed E-state index contributed by atoms with van der Waals surface area (Å²) in [5, 5.41) is 10.2. The molecular weight excluding hydrogens is 568 g/mol. The number of likely N-dealkylation sites (tertiary alicyclic amines) is 1. The number of alkyl halides is 4. The molecule has 2 atom stereocenters. The number of nitrogens with one attached hydrogen (secondary N) is 2. The minimum absolute atomic E-state index is 0.000369. The molecule has 3 aromatic heterocycles. The molecule has 0 unspecified atom stereocenters. The van der Waals surface area contributed by atoms with Crippen molar-refractivity contribution in [3.63, 3.8) is 0 Å². The number of halogens is 4. The van der Waals surface area contributed by atoms with E-state index in [4.69, 9.17) is 4.52 Å². The van der Waals surface area contributed by atoms with Gasteiger partial charge >= 0.3 is 6.18 Å². The summed E-state index contributed by atoms with van der Waals surface area (Å²) in [4.78, 5) is 23.0. The lowest BCUT2D eigenvalue weighted by Crippen LogP contribution is -2.46. The first kappa shape index (κ1) is 28.4. The second kappa shape index (κ2) is 11.5. The van der Waals surface area contributed by atoms with Crippen LogP contribution in [0.25, 0.3) is 28.1 Å². The van der Waals surface area contributed by atoms with E-state index in [-0.39, 0.29) is 41.7 Å². The quantitative estimate of drug-likeness (QED) is 0.248. The molecular formula is C29H28F4N8O2. The van der Waals surface area contributed by atoms with E-state index in [1.54, 1.807) is 29.0 Å². The number of carbonyl (C=O) groups is 1. The average molecular weight is 597 g/mol. The van der Waals surface area contributed by atoms with Crippen LogP contribution < -0.4 is 10.6 Å². The van der Waals surface area contributed by atoms with Gasteiger partial charge in [-0.05, 0) is 43.8 Å². The van der Waals surface area contributed by atoms with Gasteiger partial charge < -0.3 is 29.2 Å². The van der Waals surface area contributed by atoms with E-state index in [0.29, 0.717) is 24.0 Å². The number of nitrogens with zero attached hydrogens (tertiary/aromatic N) is 6. The summed E-state index contributed by atoms with van der Waals surface area (Å²) in [7, 11) is 1.84. The Morgan fingerprint density at radius 3 is 2.72 bits per heavy atom. The molecule has 1 fully saturated rings. The molecule has 1 aliphatic rings. The second-order valence-corrected chi connectivity index (χ2v) is 10.5. The van der Waals surface area contributed by atoms with Gasteiger partial charge in [0.25, 0.3) is 5.91 Å². The van der Waals surface area contributed by atoms with Crippen molar-refractivity contribution in [3.05, 3.63) is 78.7 Å². The second-order valence-electron chi connectivity index (χ2n) is 10.5. The maximum Gasteiger partial charge on any atom is 0.406 e. The fourth-order valence-corrected chi connectivity index (χ4v) is 5.22. The maximum absolute atomic E-state index is 14.8. The van der Waals surface area contributed by atoms with E-state index in [9.17, 15) is 22.4 Å². The Morgan fingerprint density at radius 1 is 1.14 bits per heavy atom. The van der Waals surface area contributed by atoms with Gasteiger partial charge in [0.15, 0.2) is 0 Å². The molecule has 2 N–H and O–H groups in total. The lowest BCUT2D eigenvalue weighted by Gasteiger charge is -2.33. The summed E-state index contributed by atoms with van der Waals surface area (Å²) < 4.78 is 63.8. The molecule has 6 rings (SSSR count). The van der Waals surface area contributed by atoms with Crippen LogP contribution >= 0.6 is 0 Å². The fraction of sp³-hybridized carbons (Fsp3) is 0.310. The first-order valence-corrected chi connectivity index (χ1v) is 13.6. The zero-order valence-electron chi connectivity index (χ0n) is 23.1. The van der Waals surface area contributed by atoms with Crippen molar-refractivity contribution in [2.75, 3.05) is 25.5 Å². The van der Waals surface area contributed by atoms with Crippen molar-refractivity contribution in [1.29, 1.82) is 0 Å². The smallest absolute Gasteiger partial charge is 0.379 e. The van der Waals surface area contributed by atoms with Gasteiger partial charge in [-0.25, -0.2) is 9.37 Å². The Hall–Kier alpha value is -4.72. The van der Waals surface area contributed by atoms with Crippen LogP contribution in [0.3, 0.4) is 0 Å². The number of benzene rings is 2. The summed E-state index contributed by atoms with van der Waals surface area (Å²) >= 11 is 0. The number of rotatable bonds is 8. The summed E-state index contributed by atoms with van der Waals surface area (Å²) in [6.07, 6.45) is -2.03. The van der Waals surface area contributed by atoms with Crippen LogP contribution in [0.15, 0.2) is 71.6 Å². The topological polar surface area (TPSA) is 106 Å². The monoisotopic (exact) mass is 596 g/mol. The van der Waals surface area contributed by atoms with Crippen LogP contribution in [-0.4, -0.2) is 73.6 Å². The number of fused-ring (bicyclic) bond motifs is 1. The van der Waals surface area contributed by atoms with Crippen LogP contribution in [0.1, 0.15) is 22.8 Å². The number of anilines is 1. The molecule has 1 amide bonds. The standard InChI is InChI=1S/C29H28F4N8O2/c1-39-11-10-22(20(30)14-39)36-21-8-5-9-24-19(21)12-25(41(24)16-29(31,32)33)27-37-26(43-38-27)13-34-28(42)23-15-40(17-35-23)18-6-3-2-4-7-18/h2-9,12,15,17,20,22,36H,10-11,13-14,16H2,1H3,(H,34,42)/t20-,22+/m0/s1. The number of aromatic nitrogens is 5. The Morgan fingerprint density at radius 2 is 1.95 bits per heavy atom. The first-order chi connectivity index (χ1) is 20.6. The molecule has 14 heteroatoms. The Bertz CT molecular complexity index is 1730. The third-order valence-corrected chi connectivity index (χ3v) is 7.34. The predicted octanol–water partition coefficient (Wildman–Crippen LogP) is 4.82. The maximum atomic E-state index is 14.8. The molecule has 0 spiro atoms. The molecule has 4 heterocycles.